The van der Waals surface area contributed by atoms with Gasteiger partial charge in [-0.1, -0.05) is 6.08 Å². The zero-order valence-electron chi connectivity index (χ0n) is 15.0. The number of morpholine rings is 1. The van der Waals surface area contributed by atoms with E-state index in [9.17, 15) is 18.3 Å². The minimum atomic E-state index is -3.59. The van der Waals surface area contributed by atoms with E-state index in [1.807, 2.05) is 6.92 Å². The van der Waals surface area contributed by atoms with Crippen molar-refractivity contribution in [2.24, 2.45) is 0 Å². The molecule has 2 atom stereocenters. The van der Waals surface area contributed by atoms with Gasteiger partial charge < -0.3 is 20.1 Å². The number of hydrogen-bond donors (Lipinski definition) is 2. The highest BCUT2D eigenvalue weighted by atomic mass is 32.2. The third-order valence-corrected chi connectivity index (χ3v) is 6.01. The lowest BCUT2D eigenvalue weighted by molar-refractivity contribution is -0.0611. The van der Waals surface area contributed by atoms with Crippen molar-refractivity contribution in [3.8, 4) is 0 Å². The Bertz CT molecular complexity index is 735. The minimum Gasteiger partial charge on any atom is -0.394 e. The van der Waals surface area contributed by atoms with E-state index in [0.717, 1.165) is 0 Å². The third-order valence-electron chi connectivity index (χ3n) is 4.17. The molecule has 144 valence electrons. The van der Waals surface area contributed by atoms with E-state index in [1.165, 1.54) is 29.6 Å². The molecule has 1 aliphatic rings. The van der Waals surface area contributed by atoms with Crippen LogP contribution in [0, 0.1) is 0 Å². The molecule has 0 spiro atoms. The Labute approximate surface area is 154 Å². The topological polar surface area (TPSA) is 99.2 Å². The monoisotopic (exact) mass is 383 g/mol. The van der Waals surface area contributed by atoms with E-state index in [1.54, 1.807) is 17.0 Å². The summed E-state index contributed by atoms with van der Waals surface area (Å²) < 4.78 is 31.3. The van der Waals surface area contributed by atoms with Crippen molar-refractivity contribution in [1.82, 2.24) is 9.21 Å². The van der Waals surface area contributed by atoms with Crippen molar-refractivity contribution in [3.63, 3.8) is 0 Å². The van der Waals surface area contributed by atoms with Crippen LogP contribution < -0.4 is 5.32 Å². The number of nitrogens with zero attached hydrogens (tertiary/aromatic N) is 2. The highest BCUT2D eigenvalue weighted by Crippen LogP contribution is 2.19. The van der Waals surface area contributed by atoms with E-state index in [-0.39, 0.29) is 30.1 Å². The standard InChI is InChI=1S/C17H25N3O5S/c1-4-9-19(3)26(23,24)16-7-5-14(6-8-16)18-17(22)20-10-15(11-21)25-12-13(20)2/h4-8,13,15,21H,1,9-12H2,2-3H3,(H,18,22). The number of carbonyl (C=O) groups excluding carboxylic acids is 1. The second-order valence-electron chi connectivity index (χ2n) is 6.17. The summed E-state index contributed by atoms with van der Waals surface area (Å²) in [4.78, 5) is 14.2. The third kappa shape index (κ3) is 4.61. The second-order valence-corrected chi connectivity index (χ2v) is 8.21. The fourth-order valence-electron chi connectivity index (χ4n) is 2.58. The maximum atomic E-state index is 12.5. The Morgan fingerprint density at radius 2 is 2.12 bits per heavy atom. The summed E-state index contributed by atoms with van der Waals surface area (Å²) in [6, 6.07) is 5.54. The van der Waals surface area contributed by atoms with E-state index < -0.39 is 16.1 Å². The van der Waals surface area contributed by atoms with Crippen LogP contribution in [0.2, 0.25) is 0 Å². The molecule has 8 nitrogen and oxygen atoms in total. The molecule has 1 aromatic carbocycles. The summed E-state index contributed by atoms with van der Waals surface area (Å²) in [5, 5.41) is 12.0. The van der Waals surface area contributed by atoms with Gasteiger partial charge in [-0.05, 0) is 31.2 Å². The molecule has 2 amide bonds. The molecule has 9 heteroatoms. The normalized spacial score (nSPS) is 20.8. The second kappa shape index (κ2) is 8.63. The Balaban J connectivity index is 2.07. The largest absolute Gasteiger partial charge is 0.394 e. The van der Waals surface area contributed by atoms with Gasteiger partial charge in [0.05, 0.1) is 36.8 Å². The number of rotatable bonds is 6. The molecule has 1 saturated heterocycles. The first-order valence-corrected chi connectivity index (χ1v) is 9.71. The van der Waals surface area contributed by atoms with Crippen LogP contribution in [0.4, 0.5) is 10.5 Å². The quantitative estimate of drug-likeness (QED) is 0.717. The minimum absolute atomic E-state index is 0.120. The first-order chi connectivity index (χ1) is 12.3. The maximum Gasteiger partial charge on any atom is 0.322 e. The molecule has 0 aliphatic carbocycles. The summed E-state index contributed by atoms with van der Waals surface area (Å²) in [6.45, 7) is 6.10. The lowest BCUT2D eigenvalue weighted by Crippen LogP contribution is -2.53. The smallest absolute Gasteiger partial charge is 0.322 e. The van der Waals surface area contributed by atoms with E-state index in [0.29, 0.717) is 18.8 Å². The van der Waals surface area contributed by atoms with Crippen molar-refractivity contribution in [2.45, 2.75) is 24.0 Å². The number of carbonyl (C=O) groups is 1. The van der Waals surface area contributed by atoms with Gasteiger partial charge in [-0.3, -0.25) is 0 Å². The maximum absolute atomic E-state index is 12.5. The van der Waals surface area contributed by atoms with Gasteiger partial charge in [0.2, 0.25) is 10.0 Å². The molecule has 0 radical (unpaired) electrons. The van der Waals surface area contributed by atoms with Crippen LogP contribution in [0.3, 0.4) is 0 Å². The summed E-state index contributed by atoms with van der Waals surface area (Å²) in [5.74, 6) is 0. The Morgan fingerprint density at radius 1 is 1.46 bits per heavy atom. The van der Waals surface area contributed by atoms with Crippen LogP contribution >= 0.6 is 0 Å². The van der Waals surface area contributed by atoms with Gasteiger partial charge in [0.1, 0.15) is 0 Å². The fourth-order valence-corrected chi connectivity index (χ4v) is 3.72. The van der Waals surface area contributed by atoms with Crippen molar-refractivity contribution in [3.05, 3.63) is 36.9 Å². The molecule has 0 aromatic heterocycles. The molecule has 1 fully saturated rings. The Morgan fingerprint density at radius 3 is 2.69 bits per heavy atom. The summed E-state index contributed by atoms with van der Waals surface area (Å²) >= 11 is 0. The van der Waals surface area contributed by atoms with Crippen LogP contribution in [-0.2, 0) is 14.8 Å². The van der Waals surface area contributed by atoms with Crippen molar-refractivity contribution in [1.29, 1.82) is 0 Å². The highest BCUT2D eigenvalue weighted by molar-refractivity contribution is 7.89. The number of hydrogen-bond acceptors (Lipinski definition) is 5. The molecule has 2 N–H and O–H groups in total. The predicted molar refractivity (Wildman–Crippen MR) is 98.5 cm³/mol. The molecule has 2 rings (SSSR count). The van der Waals surface area contributed by atoms with Crippen LogP contribution in [0.25, 0.3) is 0 Å². The molecule has 2 unspecified atom stereocenters. The molecule has 1 heterocycles. The summed E-state index contributed by atoms with van der Waals surface area (Å²) in [7, 11) is -2.12. The number of anilines is 1. The molecular weight excluding hydrogens is 358 g/mol. The van der Waals surface area contributed by atoms with Crippen molar-refractivity contribution in [2.75, 3.05) is 38.7 Å². The van der Waals surface area contributed by atoms with E-state index in [4.69, 9.17) is 4.74 Å². The highest BCUT2D eigenvalue weighted by Gasteiger charge is 2.29. The molecule has 1 aliphatic heterocycles. The van der Waals surface area contributed by atoms with Gasteiger partial charge in [0.15, 0.2) is 0 Å². The van der Waals surface area contributed by atoms with E-state index in [2.05, 4.69) is 11.9 Å². The number of benzene rings is 1. The molecule has 26 heavy (non-hydrogen) atoms. The molecule has 1 aromatic rings. The lowest BCUT2D eigenvalue weighted by atomic mass is 10.2. The number of aliphatic hydroxyl groups is 1. The van der Waals surface area contributed by atoms with E-state index >= 15 is 0 Å². The number of urea groups is 1. The van der Waals surface area contributed by atoms with Crippen LogP contribution in [0.1, 0.15) is 6.92 Å². The average molecular weight is 383 g/mol. The van der Waals surface area contributed by atoms with Gasteiger partial charge in [-0.25, -0.2) is 13.2 Å². The average Bonchev–Trinajstić information content (AvgIpc) is 2.62. The molecule has 0 bridgehead atoms. The first-order valence-electron chi connectivity index (χ1n) is 8.27. The SMILES string of the molecule is C=CCN(C)S(=O)(=O)c1ccc(NC(=O)N2CC(CO)OCC2C)cc1. The van der Waals surface area contributed by atoms with Crippen LogP contribution in [-0.4, -0.2) is 74.3 Å². The first kappa shape index (κ1) is 20.4. The molecular formula is C17H25N3O5S. The summed E-state index contributed by atoms with van der Waals surface area (Å²) in [5.41, 5.74) is 0.486. The van der Waals surface area contributed by atoms with Crippen molar-refractivity contribution < 1.29 is 23.1 Å². The lowest BCUT2D eigenvalue weighted by Gasteiger charge is -2.37. The number of amides is 2. The molecule has 0 saturated carbocycles. The Hall–Kier alpha value is -1.94. The van der Waals surface area contributed by atoms with Crippen molar-refractivity contribution >= 4 is 21.7 Å². The zero-order chi connectivity index (χ0) is 19.3. The van der Waals surface area contributed by atoms with Gasteiger partial charge in [0, 0.05) is 19.3 Å². The van der Waals surface area contributed by atoms with Crippen LogP contribution in [0.5, 0.6) is 0 Å². The number of ether oxygens (including phenoxy) is 1. The number of aliphatic hydroxyl groups excluding tert-OH is 1. The van der Waals surface area contributed by atoms with Gasteiger partial charge in [-0.15, -0.1) is 6.58 Å². The van der Waals surface area contributed by atoms with Gasteiger partial charge in [0.25, 0.3) is 0 Å². The number of nitrogens with one attached hydrogen (secondary N) is 1. The van der Waals surface area contributed by atoms with Crippen LogP contribution in [0.15, 0.2) is 41.8 Å². The Kier molecular flexibility index (Phi) is 6.76. The number of likely N-dealkylation sites (N-methyl/N-ethyl adjacent to an activating group) is 1. The zero-order valence-corrected chi connectivity index (χ0v) is 15.8. The van der Waals surface area contributed by atoms with Gasteiger partial charge >= 0.3 is 6.03 Å². The van der Waals surface area contributed by atoms with Gasteiger partial charge in [-0.2, -0.15) is 4.31 Å². The summed E-state index contributed by atoms with van der Waals surface area (Å²) in [6.07, 6.45) is 1.11. The fraction of sp³-hybridized carbons (Fsp3) is 0.471. The predicted octanol–water partition coefficient (Wildman–Crippen LogP) is 1.11. The number of sulfonamides is 1.